The van der Waals surface area contributed by atoms with E-state index in [0.29, 0.717) is 31.1 Å². The molecule has 1 aliphatic carbocycles. The molecule has 1 saturated heterocycles. The molecule has 2 fully saturated rings. The Bertz CT molecular complexity index is 1030. The SMILES string of the molecule is O=S(=O)(c1ccc(Cl)cc1)[C@@]1(c2cc(F)ccc2F)CCCC(N2CCOCC2)CC1. The third-order valence-corrected chi connectivity index (χ3v) is 9.42. The van der Waals surface area contributed by atoms with Gasteiger partial charge in [0.1, 0.15) is 16.4 Å². The number of hydrogen-bond donors (Lipinski definition) is 0. The predicted octanol–water partition coefficient (Wildman–Crippen LogP) is 4.95. The Morgan fingerprint density at radius 2 is 1.71 bits per heavy atom. The molecular weight excluding hydrogens is 444 g/mol. The van der Waals surface area contributed by atoms with Gasteiger partial charge in [0.05, 0.1) is 18.1 Å². The van der Waals surface area contributed by atoms with Crippen molar-refractivity contribution in [3.05, 3.63) is 64.7 Å². The number of nitrogens with zero attached hydrogens (tertiary/aromatic N) is 1. The summed E-state index contributed by atoms with van der Waals surface area (Å²) in [6.45, 7) is 2.92. The zero-order chi connectivity index (χ0) is 22.1. The third kappa shape index (κ3) is 4.38. The molecule has 1 heterocycles. The lowest BCUT2D eigenvalue weighted by molar-refractivity contribution is 0.0132. The molecule has 0 amide bonds. The van der Waals surface area contributed by atoms with E-state index in [-0.39, 0.29) is 29.3 Å². The van der Waals surface area contributed by atoms with Crippen molar-refractivity contribution in [2.24, 2.45) is 0 Å². The summed E-state index contributed by atoms with van der Waals surface area (Å²) in [7, 11) is -4.02. The first-order chi connectivity index (χ1) is 14.8. The molecule has 0 aromatic heterocycles. The van der Waals surface area contributed by atoms with Crippen LogP contribution in [-0.2, 0) is 19.3 Å². The smallest absolute Gasteiger partial charge is 0.188 e. The molecule has 1 unspecified atom stereocenters. The first-order valence-corrected chi connectivity index (χ1v) is 12.5. The van der Waals surface area contributed by atoms with Gasteiger partial charge < -0.3 is 4.74 Å². The molecule has 2 aromatic rings. The van der Waals surface area contributed by atoms with Crippen molar-refractivity contribution in [3.8, 4) is 0 Å². The monoisotopic (exact) mass is 469 g/mol. The van der Waals surface area contributed by atoms with Crippen LogP contribution in [0.2, 0.25) is 5.02 Å². The lowest BCUT2D eigenvalue weighted by atomic mass is 9.90. The Hall–Kier alpha value is -1.54. The van der Waals surface area contributed by atoms with Crippen LogP contribution >= 0.6 is 11.6 Å². The summed E-state index contributed by atoms with van der Waals surface area (Å²) in [5.41, 5.74) is -0.0786. The maximum atomic E-state index is 15.0. The second-order valence-electron chi connectivity index (χ2n) is 8.31. The van der Waals surface area contributed by atoms with Gasteiger partial charge in [0, 0.05) is 29.7 Å². The maximum absolute atomic E-state index is 15.0. The Kier molecular flexibility index (Phi) is 6.68. The van der Waals surface area contributed by atoms with Crippen molar-refractivity contribution in [1.82, 2.24) is 4.90 Å². The molecular formula is C23H26ClF2NO3S. The summed E-state index contributed by atoms with van der Waals surface area (Å²) < 4.78 is 61.0. The van der Waals surface area contributed by atoms with Crippen molar-refractivity contribution < 1.29 is 21.9 Å². The van der Waals surface area contributed by atoms with Gasteiger partial charge >= 0.3 is 0 Å². The first kappa shape index (κ1) is 22.6. The molecule has 0 spiro atoms. The van der Waals surface area contributed by atoms with Gasteiger partial charge in [-0.1, -0.05) is 11.6 Å². The Morgan fingerprint density at radius 3 is 2.42 bits per heavy atom. The van der Waals surface area contributed by atoms with Crippen LogP contribution in [0.5, 0.6) is 0 Å². The normalized spacial score (nSPS) is 25.8. The molecule has 2 atom stereocenters. The quantitative estimate of drug-likeness (QED) is 0.594. The van der Waals surface area contributed by atoms with Crippen LogP contribution < -0.4 is 0 Å². The molecule has 1 saturated carbocycles. The highest BCUT2D eigenvalue weighted by molar-refractivity contribution is 7.92. The van der Waals surface area contributed by atoms with Crippen molar-refractivity contribution >= 4 is 21.4 Å². The molecule has 1 aliphatic heterocycles. The van der Waals surface area contributed by atoms with E-state index in [1.54, 1.807) is 0 Å². The highest BCUT2D eigenvalue weighted by atomic mass is 35.5. The van der Waals surface area contributed by atoms with E-state index in [9.17, 15) is 12.8 Å². The van der Waals surface area contributed by atoms with Gasteiger partial charge in [0.15, 0.2) is 9.84 Å². The number of benzene rings is 2. The minimum atomic E-state index is -4.02. The molecule has 0 bridgehead atoms. The van der Waals surface area contributed by atoms with E-state index in [1.807, 2.05) is 0 Å². The largest absolute Gasteiger partial charge is 0.379 e. The average Bonchev–Trinajstić information content (AvgIpc) is 3.01. The third-order valence-electron chi connectivity index (χ3n) is 6.62. The van der Waals surface area contributed by atoms with Crippen LogP contribution in [0.15, 0.2) is 47.4 Å². The molecule has 31 heavy (non-hydrogen) atoms. The highest BCUT2D eigenvalue weighted by Gasteiger charge is 2.49. The van der Waals surface area contributed by atoms with Crippen LogP contribution in [-0.4, -0.2) is 45.7 Å². The molecule has 8 heteroatoms. The summed E-state index contributed by atoms with van der Waals surface area (Å²) in [6.07, 6.45) is 2.46. The molecule has 2 aromatic carbocycles. The topological polar surface area (TPSA) is 46.6 Å². The fraction of sp³-hybridized carbons (Fsp3) is 0.478. The standard InChI is InChI=1S/C23H26ClF2NO3S/c24-17-3-6-20(7-4-17)31(28,29)23(21-16-18(25)5-8-22(21)26)10-1-2-19(9-11-23)27-12-14-30-15-13-27/h3-8,16,19H,1-2,9-15H2/t19?,23-/m0/s1. The maximum Gasteiger partial charge on any atom is 0.188 e. The fourth-order valence-electron chi connectivity index (χ4n) is 4.97. The van der Waals surface area contributed by atoms with Crippen molar-refractivity contribution in [3.63, 3.8) is 0 Å². The number of ether oxygens (including phenoxy) is 1. The summed E-state index contributed by atoms with van der Waals surface area (Å²) in [5.74, 6) is -1.33. The van der Waals surface area contributed by atoms with E-state index in [0.717, 1.165) is 37.7 Å². The second kappa shape index (κ2) is 9.14. The van der Waals surface area contributed by atoms with Crippen molar-refractivity contribution in [2.45, 2.75) is 47.8 Å². The number of rotatable bonds is 4. The van der Waals surface area contributed by atoms with Crippen LogP contribution in [0, 0.1) is 11.6 Å². The van der Waals surface area contributed by atoms with E-state index >= 15 is 4.39 Å². The molecule has 0 radical (unpaired) electrons. The minimum absolute atomic E-state index is 0.0744. The van der Waals surface area contributed by atoms with Crippen molar-refractivity contribution in [1.29, 1.82) is 0 Å². The van der Waals surface area contributed by atoms with Gasteiger partial charge in [-0.15, -0.1) is 0 Å². The highest BCUT2D eigenvalue weighted by Crippen LogP contribution is 2.47. The number of sulfone groups is 1. The average molecular weight is 470 g/mol. The molecule has 4 nitrogen and oxygen atoms in total. The zero-order valence-electron chi connectivity index (χ0n) is 17.2. The Balaban J connectivity index is 1.78. The lowest BCUT2D eigenvalue weighted by Gasteiger charge is -2.35. The van der Waals surface area contributed by atoms with Gasteiger partial charge in [0.25, 0.3) is 0 Å². The molecule has 168 valence electrons. The van der Waals surface area contributed by atoms with E-state index in [1.165, 1.54) is 24.3 Å². The minimum Gasteiger partial charge on any atom is -0.379 e. The summed E-state index contributed by atoms with van der Waals surface area (Å²) in [5, 5.41) is 0.415. The Labute approximate surface area is 187 Å². The molecule has 4 rings (SSSR count). The number of halogens is 3. The van der Waals surface area contributed by atoms with Gasteiger partial charge in [-0.3, -0.25) is 4.90 Å². The van der Waals surface area contributed by atoms with Crippen LogP contribution in [0.25, 0.3) is 0 Å². The van der Waals surface area contributed by atoms with Crippen LogP contribution in [0.3, 0.4) is 0 Å². The van der Waals surface area contributed by atoms with Crippen molar-refractivity contribution in [2.75, 3.05) is 26.3 Å². The number of hydrogen-bond acceptors (Lipinski definition) is 4. The van der Waals surface area contributed by atoms with Gasteiger partial charge in [-0.2, -0.15) is 0 Å². The van der Waals surface area contributed by atoms with E-state index in [4.69, 9.17) is 16.3 Å². The second-order valence-corrected chi connectivity index (χ2v) is 11.0. The van der Waals surface area contributed by atoms with Gasteiger partial charge in [-0.25, -0.2) is 17.2 Å². The summed E-state index contributed by atoms with van der Waals surface area (Å²) >= 11 is 5.96. The van der Waals surface area contributed by atoms with E-state index in [2.05, 4.69) is 4.90 Å². The zero-order valence-corrected chi connectivity index (χ0v) is 18.8. The van der Waals surface area contributed by atoms with Gasteiger partial charge in [-0.05, 0) is 74.6 Å². The van der Waals surface area contributed by atoms with Crippen LogP contribution in [0.4, 0.5) is 8.78 Å². The predicted molar refractivity (Wildman–Crippen MR) is 116 cm³/mol. The number of morpholine rings is 1. The molecule has 0 N–H and O–H groups in total. The fourth-order valence-corrected chi connectivity index (χ4v) is 7.29. The summed E-state index contributed by atoms with van der Waals surface area (Å²) in [4.78, 5) is 2.40. The Morgan fingerprint density at radius 1 is 1.00 bits per heavy atom. The van der Waals surface area contributed by atoms with Gasteiger partial charge in [0.2, 0.25) is 0 Å². The summed E-state index contributed by atoms with van der Waals surface area (Å²) in [6, 6.07) is 9.21. The van der Waals surface area contributed by atoms with E-state index < -0.39 is 26.2 Å². The molecule has 2 aliphatic rings. The first-order valence-electron chi connectivity index (χ1n) is 10.6. The lowest BCUT2D eigenvalue weighted by Crippen LogP contribution is -2.43. The van der Waals surface area contributed by atoms with Crippen LogP contribution in [0.1, 0.15) is 37.7 Å².